The number of carbonyl (C=O) groups excluding carboxylic acids is 2. The van der Waals surface area contributed by atoms with Crippen LogP contribution in [0.25, 0.3) is 0 Å². The molecule has 0 saturated carbocycles. The maximum Gasteiger partial charge on any atom is 0.350 e. The monoisotopic (exact) mass is 355 g/mol. The van der Waals surface area contributed by atoms with Gasteiger partial charge < -0.3 is 19.3 Å². The molecule has 0 bridgehead atoms. The molecule has 2 aromatic rings. The zero-order valence-electron chi connectivity index (χ0n) is 14.0. The lowest BCUT2D eigenvalue weighted by Gasteiger charge is -2.04. The number of amides is 1. The lowest BCUT2D eigenvalue weighted by atomic mass is 10.3. The Morgan fingerprint density at radius 2 is 2.00 bits per heavy atom. The fraction of sp³-hybridized carbons (Fsp3) is 0.167. The Hall–Kier alpha value is -3.73. The van der Waals surface area contributed by atoms with Gasteiger partial charge in [0.15, 0.2) is 11.3 Å². The van der Waals surface area contributed by atoms with E-state index in [2.05, 4.69) is 15.6 Å². The molecule has 1 aromatic carbocycles. The Kier molecular flexibility index (Phi) is 6.83. The van der Waals surface area contributed by atoms with Gasteiger partial charge in [0.1, 0.15) is 24.2 Å². The number of ether oxygens (including phenoxy) is 2. The van der Waals surface area contributed by atoms with E-state index in [0.717, 1.165) is 6.20 Å². The Balaban J connectivity index is 1.85. The van der Waals surface area contributed by atoms with E-state index >= 15 is 0 Å². The number of carbonyl (C=O) groups is 2. The number of benzene rings is 1. The van der Waals surface area contributed by atoms with Crippen molar-refractivity contribution >= 4 is 11.9 Å². The molecule has 0 aliphatic carbocycles. The van der Waals surface area contributed by atoms with Crippen molar-refractivity contribution in [1.29, 1.82) is 5.26 Å². The first kappa shape index (κ1) is 18.6. The van der Waals surface area contributed by atoms with Crippen molar-refractivity contribution in [3.05, 3.63) is 65.8 Å². The first-order valence-corrected chi connectivity index (χ1v) is 7.74. The van der Waals surface area contributed by atoms with Crippen LogP contribution in [0.5, 0.6) is 5.75 Å². The number of nitrogens with zero attached hydrogens (tertiary/aromatic N) is 1. The van der Waals surface area contributed by atoms with E-state index in [1.54, 1.807) is 19.1 Å². The highest BCUT2D eigenvalue weighted by Crippen LogP contribution is 2.13. The number of hydrogen-bond acceptors (Lipinski definition) is 7. The first-order chi connectivity index (χ1) is 12.6. The van der Waals surface area contributed by atoms with Crippen LogP contribution in [0.4, 0.5) is 0 Å². The van der Waals surface area contributed by atoms with Crippen LogP contribution in [0.15, 0.2) is 58.7 Å². The number of esters is 1. The van der Waals surface area contributed by atoms with Crippen molar-refractivity contribution in [3.8, 4) is 11.8 Å². The summed E-state index contributed by atoms with van der Waals surface area (Å²) < 4.78 is 15.6. The van der Waals surface area contributed by atoms with Crippen molar-refractivity contribution < 1.29 is 23.5 Å². The van der Waals surface area contributed by atoms with Gasteiger partial charge in [0, 0.05) is 6.20 Å². The van der Waals surface area contributed by atoms with E-state index in [1.165, 1.54) is 6.07 Å². The predicted octanol–water partition coefficient (Wildman–Crippen LogP) is 2.06. The van der Waals surface area contributed by atoms with Gasteiger partial charge in [-0.3, -0.25) is 10.2 Å². The highest BCUT2D eigenvalue weighted by molar-refractivity contribution is 5.93. The SMILES string of the molecule is CCOC(=O)/C(C#N)=C/NNC(=O)c1ccc(COc2ccccc2)o1. The van der Waals surface area contributed by atoms with Crippen LogP contribution in [-0.2, 0) is 16.1 Å². The van der Waals surface area contributed by atoms with Gasteiger partial charge in [0.2, 0.25) is 0 Å². The molecule has 1 aromatic heterocycles. The third-order valence-corrected chi connectivity index (χ3v) is 3.03. The van der Waals surface area contributed by atoms with Crippen LogP contribution < -0.4 is 15.6 Å². The van der Waals surface area contributed by atoms with Gasteiger partial charge >= 0.3 is 11.9 Å². The molecule has 0 radical (unpaired) electrons. The van der Waals surface area contributed by atoms with Gasteiger partial charge in [-0.05, 0) is 31.2 Å². The van der Waals surface area contributed by atoms with Crippen molar-refractivity contribution in [2.45, 2.75) is 13.5 Å². The molecule has 0 spiro atoms. The first-order valence-electron chi connectivity index (χ1n) is 7.74. The predicted molar refractivity (Wildman–Crippen MR) is 90.4 cm³/mol. The fourth-order valence-electron chi connectivity index (χ4n) is 1.83. The molecule has 1 amide bonds. The summed E-state index contributed by atoms with van der Waals surface area (Å²) in [5.74, 6) is -0.154. The summed E-state index contributed by atoms with van der Waals surface area (Å²) in [6.45, 7) is 1.94. The van der Waals surface area contributed by atoms with Crippen LogP contribution in [-0.4, -0.2) is 18.5 Å². The quantitative estimate of drug-likeness (QED) is 0.322. The number of furan rings is 1. The molecule has 2 rings (SSSR count). The molecule has 0 atom stereocenters. The van der Waals surface area contributed by atoms with Gasteiger partial charge in [0.25, 0.3) is 0 Å². The van der Waals surface area contributed by atoms with Gasteiger partial charge in [-0.15, -0.1) is 0 Å². The van der Waals surface area contributed by atoms with Gasteiger partial charge in [0.05, 0.1) is 6.61 Å². The summed E-state index contributed by atoms with van der Waals surface area (Å²) in [5.41, 5.74) is 4.38. The van der Waals surface area contributed by atoms with E-state index in [9.17, 15) is 9.59 Å². The molecule has 134 valence electrons. The highest BCUT2D eigenvalue weighted by atomic mass is 16.5. The number of nitrogens with one attached hydrogen (secondary N) is 2. The number of nitriles is 1. The Morgan fingerprint density at radius 1 is 1.23 bits per heavy atom. The van der Waals surface area contributed by atoms with Crippen molar-refractivity contribution in [2.75, 3.05) is 6.61 Å². The van der Waals surface area contributed by atoms with Crippen molar-refractivity contribution in [2.24, 2.45) is 0 Å². The molecule has 8 nitrogen and oxygen atoms in total. The average Bonchev–Trinajstić information content (AvgIpc) is 3.13. The number of hydrazine groups is 1. The number of rotatable bonds is 8. The average molecular weight is 355 g/mol. The van der Waals surface area contributed by atoms with E-state index in [-0.39, 0.29) is 24.5 Å². The molecule has 1 heterocycles. The second-order valence-electron chi connectivity index (χ2n) is 4.86. The third-order valence-electron chi connectivity index (χ3n) is 3.03. The lowest BCUT2D eigenvalue weighted by Crippen LogP contribution is -2.34. The van der Waals surface area contributed by atoms with Crippen LogP contribution in [0.2, 0.25) is 0 Å². The van der Waals surface area contributed by atoms with Gasteiger partial charge in [-0.2, -0.15) is 5.26 Å². The molecule has 0 fully saturated rings. The smallest absolute Gasteiger partial charge is 0.350 e. The normalized spacial score (nSPS) is 10.5. The maximum absolute atomic E-state index is 12.0. The number of hydrogen-bond donors (Lipinski definition) is 2. The Labute approximate surface area is 150 Å². The molecular weight excluding hydrogens is 338 g/mol. The van der Waals surface area contributed by atoms with Crippen molar-refractivity contribution in [1.82, 2.24) is 10.9 Å². The summed E-state index contributed by atoms with van der Waals surface area (Å²) in [6.07, 6.45) is 1.04. The fourth-order valence-corrected chi connectivity index (χ4v) is 1.83. The van der Waals surface area contributed by atoms with Gasteiger partial charge in [-0.1, -0.05) is 18.2 Å². The maximum atomic E-state index is 12.0. The summed E-state index contributed by atoms with van der Waals surface area (Å²) in [7, 11) is 0. The second-order valence-corrected chi connectivity index (χ2v) is 4.86. The third kappa shape index (κ3) is 5.42. The van der Waals surface area contributed by atoms with E-state index in [1.807, 2.05) is 30.3 Å². The molecule has 0 saturated heterocycles. The second kappa shape index (κ2) is 9.54. The largest absolute Gasteiger partial charge is 0.486 e. The number of para-hydroxylation sites is 1. The topological polar surface area (TPSA) is 114 Å². The zero-order valence-corrected chi connectivity index (χ0v) is 14.0. The zero-order chi connectivity index (χ0) is 18.8. The molecular formula is C18H17N3O5. The minimum absolute atomic E-state index is 0.0483. The molecule has 0 unspecified atom stereocenters. The van der Waals surface area contributed by atoms with Crippen LogP contribution >= 0.6 is 0 Å². The summed E-state index contributed by atoms with van der Waals surface area (Å²) in [6, 6.07) is 14.0. The lowest BCUT2D eigenvalue weighted by molar-refractivity contribution is -0.138. The molecule has 0 aliphatic rings. The van der Waals surface area contributed by atoms with E-state index in [0.29, 0.717) is 11.5 Å². The highest BCUT2D eigenvalue weighted by Gasteiger charge is 2.12. The molecule has 2 N–H and O–H groups in total. The standard InChI is InChI=1S/C18H17N3O5/c1-2-24-18(23)13(10-19)11-20-21-17(22)16-9-8-15(26-16)12-25-14-6-4-3-5-7-14/h3-9,11,20H,2,12H2,1H3,(H,21,22)/b13-11+. The van der Waals surface area contributed by atoms with Crippen molar-refractivity contribution in [3.63, 3.8) is 0 Å². The Bertz CT molecular complexity index is 821. The molecule has 8 heteroatoms. The van der Waals surface area contributed by atoms with E-state index < -0.39 is 11.9 Å². The van der Waals surface area contributed by atoms with Gasteiger partial charge in [-0.25, -0.2) is 4.79 Å². The summed E-state index contributed by atoms with van der Waals surface area (Å²) >= 11 is 0. The minimum atomic E-state index is -0.782. The van der Waals surface area contributed by atoms with Crippen LogP contribution in [0.1, 0.15) is 23.2 Å². The Morgan fingerprint density at radius 3 is 2.69 bits per heavy atom. The minimum Gasteiger partial charge on any atom is -0.486 e. The van der Waals surface area contributed by atoms with E-state index in [4.69, 9.17) is 14.4 Å². The summed E-state index contributed by atoms with van der Waals surface area (Å²) in [4.78, 5) is 23.4. The van der Waals surface area contributed by atoms with Crippen LogP contribution in [0.3, 0.4) is 0 Å². The summed E-state index contributed by atoms with van der Waals surface area (Å²) in [5, 5.41) is 8.86. The van der Waals surface area contributed by atoms with Crippen LogP contribution in [0, 0.1) is 11.3 Å². The molecule has 0 aliphatic heterocycles. The molecule has 26 heavy (non-hydrogen) atoms.